The van der Waals surface area contributed by atoms with Crippen LogP contribution in [0.1, 0.15) is 51.2 Å². The van der Waals surface area contributed by atoms with Crippen LogP contribution in [0.3, 0.4) is 0 Å². The zero-order valence-electron chi connectivity index (χ0n) is 16.7. The van der Waals surface area contributed by atoms with Crippen LogP contribution in [-0.4, -0.2) is 30.1 Å². The van der Waals surface area contributed by atoms with E-state index >= 15 is 0 Å². The number of ether oxygens (including phenoxy) is 1. The Bertz CT molecular complexity index is 713. The van der Waals surface area contributed by atoms with Crippen LogP contribution in [0, 0.1) is 19.8 Å². The van der Waals surface area contributed by atoms with E-state index in [1.807, 2.05) is 39.0 Å². The number of hydrogen-bond donors (Lipinski definition) is 2. The molecule has 0 spiro atoms. The molecule has 148 valence electrons. The fraction of sp³-hybridized carbons (Fsp3) is 0.500. The first kappa shape index (κ1) is 22.3. The van der Waals surface area contributed by atoms with Crippen molar-refractivity contribution in [1.29, 1.82) is 0 Å². The predicted molar refractivity (Wildman–Crippen MR) is 105 cm³/mol. The molecule has 7 nitrogen and oxygen atoms in total. The second-order valence-electron chi connectivity index (χ2n) is 6.37. The molecule has 0 bridgehead atoms. The van der Waals surface area contributed by atoms with Crippen LogP contribution in [0.2, 0.25) is 0 Å². The van der Waals surface area contributed by atoms with Gasteiger partial charge in [0.1, 0.15) is 0 Å². The molecular formula is C20H29N3O4. The molecule has 0 aliphatic heterocycles. The number of hydrogen-bond acceptors (Lipinski definition) is 5. The SMILES string of the molecule is CCOC(=O)C(CC)C(C)=NNC(=O)CCC(=O)Nc1cc(C)ccc1C. The van der Waals surface area contributed by atoms with Crippen LogP contribution in [0.15, 0.2) is 23.3 Å². The Kier molecular flexibility index (Phi) is 9.19. The van der Waals surface area contributed by atoms with E-state index in [-0.39, 0.29) is 30.6 Å². The second-order valence-corrected chi connectivity index (χ2v) is 6.37. The van der Waals surface area contributed by atoms with E-state index < -0.39 is 5.92 Å². The highest BCUT2D eigenvalue weighted by atomic mass is 16.5. The van der Waals surface area contributed by atoms with Crippen molar-refractivity contribution in [2.24, 2.45) is 11.0 Å². The summed E-state index contributed by atoms with van der Waals surface area (Å²) in [5.74, 6) is -1.47. The maximum atomic E-state index is 12.0. The minimum absolute atomic E-state index is 0.00365. The lowest BCUT2D eigenvalue weighted by molar-refractivity contribution is -0.145. The van der Waals surface area contributed by atoms with Gasteiger partial charge in [-0.1, -0.05) is 19.1 Å². The van der Waals surface area contributed by atoms with E-state index in [1.54, 1.807) is 13.8 Å². The average molecular weight is 375 g/mol. The zero-order valence-corrected chi connectivity index (χ0v) is 16.7. The highest BCUT2D eigenvalue weighted by molar-refractivity contribution is 6.01. The molecule has 2 amide bonds. The smallest absolute Gasteiger partial charge is 0.314 e. The molecule has 0 aliphatic rings. The van der Waals surface area contributed by atoms with Crippen molar-refractivity contribution in [3.05, 3.63) is 29.3 Å². The second kappa shape index (κ2) is 11.1. The summed E-state index contributed by atoms with van der Waals surface area (Å²) < 4.78 is 4.99. The van der Waals surface area contributed by atoms with E-state index in [9.17, 15) is 14.4 Å². The summed E-state index contributed by atoms with van der Waals surface area (Å²) in [5.41, 5.74) is 5.62. The van der Waals surface area contributed by atoms with Gasteiger partial charge in [-0.15, -0.1) is 0 Å². The van der Waals surface area contributed by atoms with E-state index in [1.165, 1.54) is 0 Å². The lowest BCUT2D eigenvalue weighted by Gasteiger charge is -2.13. The van der Waals surface area contributed by atoms with Crippen molar-refractivity contribution >= 4 is 29.2 Å². The first-order chi connectivity index (χ1) is 12.8. The minimum Gasteiger partial charge on any atom is -0.465 e. The number of aryl methyl sites for hydroxylation is 2. The number of carbonyl (C=O) groups excluding carboxylic acids is 3. The Morgan fingerprint density at radius 1 is 1.11 bits per heavy atom. The molecule has 0 aliphatic carbocycles. The standard InChI is InChI=1S/C20H29N3O4/c1-6-16(20(26)27-7-2)15(5)22-23-19(25)11-10-18(24)21-17-12-13(3)8-9-14(17)4/h8-9,12,16H,6-7,10-11H2,1-5H3,(H,21,24)(H,23,25). The molecule has 0 saturated heterocycles. The Balaban J connectivity index is 2.51. The third-order valence-electron chi connectivity index (χ3n) is 4.09. The lowest BCUT2D eigenvalue weighted by Crippen LogP contribution is -2.27. The number of anilines is 1. The molecule has 0 saturated carbocycles. The minimum atomic E-state index is -0.488. The predicted octanol–water partition coefficient (Wildman–Crippen LogP) is 3.10. The van der Waals surface area contributed by atoms with Crippen molar-refractivity contribution in [1.82, 2.24) is 5.43 Å². The monoisotopic (exact) mass is 375 g/mol. The molecule has 1 rings (SSSR count). The van der Waals surface area contributed by atoms with Gasteiger partial charge in [-0.2, -0.15) is 5.10 Å². The van der Waals surface area contributed by atoms with Gasteiger partial charge in [-0.3, -0.25) is 14.4 Å². The Morgan fingerprint density at radius 3 is 2.41 bits per heavy atom. The maximum absolute atomic E-state index is 12.0. The quantitative estimate of drug-likeness (QED) is 0.394. The van der Waals surface area contributed by atoms with Gasteiger partial charge in [0, 0.05) is 24.2 Å². The summed E-state index contributed by atoms with van der Waals surface area (Å²) in [4.78, 5) is 35.8. The third kappa shape index (κ3) is 7.60. The van der Waals surface area contributed by atoms with Crippen LogP contribution in [0.5, 0.6) is 0 Å². The lowest BCUT2D eigenvalue weighted by atomic mass is 10.0. The van der Waals surface area contributed by atoms with Crippen molar-refractivity contribution in [2.45, 2.75) is 53.9 Å². The fourth-order valence-electron chi connectivity index (χ4n) is 2.47. The highest BCUT2D eigenvalue weighted by Crippen LogP contribution is 2.16. The molecule has 1 atom stereocenters. The summed E-state index contributed by atoms with van der Waals surface area (Å²) in [6.45, 7) is 9.40. The van der Waals surface area contributed by atoms with Crippen molar-refractivity contribution < 1.29 is 19.1 Å². The molecule has 0 heterocycles. The number of nitrogens with one attached hydrogen (secondary N) is 2. The van der Waals surface area contributed by atoms with Gasteiger partial charge in [0.15, 0.2) is 0 Å². The van der Waals surface area contributed by atoms with Gasteiger partial charge in [0.25, 0.3) is 0 Å². The van der Waals surface area contributed by atoms with E-state index in [0.29, 0.717) is 18.7 Å². The summed E-state index contributed by atoms with van der Waals surface area (Å²) in [6, 6.07) is 5.79. The van der Waals surface area contributed by atoms with Gasteiger partial charge in [-0.25, -0.2) is 5.43 Å². The number of rotatable bonds is 9. The van der Waals surface area contributed by atoms with E-state index in [2.05, 4.69) is 15.8 Å². The number of hydrazone groups is 1. The Hall–Kier alpha value is -2.70. The average Bonchev–Trinajstić information content (AvgIpc) is 2.62. The van der Waals surface area contributed by atoms with Crippen LogP contribution in [0.25, 0.3) is 0 Å². The van der Waals surface area contributed by atoms with Crippen LogP contribution in [0.4, 0.5) is 5.69 Å². The van der Waals surface area contributed by atoms with Gasteiger partial charge < -0.3 is 10.1 Å². The molecule has 7 heteroatoms. The Morgan fingerprint density at radius 2 is 1.78 bits per heavy atom. The van der Waals surface area contributed by atoms with Crippen LogP contribution < -0.4 is 10.7 Å². The molecule has 2 N–H and O–H groups in total. The van der Waals surface area contributed by atoms with Gasteiger partial charge in [0.2, 0.25) is 11.8 Å². The number of nitrogens with zero attached hydrogens (tertiary/aromatic N) is 1. The first-order valence-electron chi connectivity index (χ1n) is 9.15. The van der Waals surface area contributed by atoms with Crippen molar-refractivity contribution in [3.63, 3.8) is 0 Å². The fourth-order valence-corrected chi connectivity index (χ4v) is 2.47. The van der Waals surface area contributed by atoms with E-state index in [0.717, 1.165) is 16.8 Å². The maximum Gasteiger partial charge on any atom is 0.314 e. The summed E-state index contributed by atoms with van der Waals surface area (Å²) in [7, 11) is 0. The van der Waals surface area contributed by atoms with Crippen LogP contribution in [-0.2, 0) is 19.1 Å². The molecule has 1 aromatic rings. The number of carbonyl (C=O) groups is 3. The number of benzene rings is 1. The number of amides is 2. The summed E-state index contributed by atoms with van der Waals surface area (Å²) >= 11 is 0. The molecule has 27 heavy (non-hydrogen) atoms. The highest BCUT2D eigenvalue weighted by Gasteiger charge is 2.21. The van der Waals surface area contributed by atoms with Gasteiger partial charge >= 0.3 is 5.97 Å². The molecule has 1 aromatic carbocycles. The van der Waals surface area contributed by atoms with Gasteiger partial charge in [-0.05, 0) is 51.3 Å². The van der Waals surface area contributed by atoms with Crippen molar-refractivity contribution in [3.8, 4) is 0 Å². The molecule has 0 fully saturated rings. The first-order valence-corrected chi connectivity index (χ1v) is 9.15. The summed E-state index contributed by atoms with van der Waals surface area (Å²) in [5, 5.41) is 6.78. The molecule has 0 aromatic heterocycles. The largest absolute Gasteiger partial charge is 0.465 e. The van der Waals surface area contributed by atoms with Gasteiger partial charge in [0.05, 0.1) is 12.5 Å². The zero-order chi connectivity index (χ0) is 20.4. The normalized spacial score (nSPS) is 12.3. The molecule has 1 unspecified atom stereocenters. The van der Waals surface area contributed by atoms with Crippen LogP contribution >= 0.6 is 0 Å². The summed E-state index contributed by atoms with van der Waals surface area (Å²) in [6.07, 6.45) is 0.578. The van der Waals surface area contributed by atoms with Crippen molar-refractivity contribution in [2.75, 3.05) is 11.9 Å². The third-order valence-corrected chi connectivity index (χ3v) is 4.09. The Labute approximate surface area is 160 Å². The molecular weight excluding hydrogens is 346 g/mol. The molecule has 0 radical (unpaired) electrons. The van der Waals surface area contributed by atoms with E-state index in [4.69, 9.17) is 4.74 Å². The topological polar surface area (TPSA) is 96.9 Å². The number of esters is 1.